The van der Waals surface area contributed by atoms with Gasteiger partial charge in [0, 0.05) is 41.0 Å². The molecule has 0 saturated carbocycles. The van der Waals surface area contributed by atoms with Gasteiger partial charge in [-0.25, -0.2) is 4.99 Å². The number of rotatable bonds is 8. The van der Waals surface area contributed by atoms with Gasteiger partial charge in [-0.05, 0) is 48.0 Å². The number of nitrogens with two attached hydrogens (primary N) is 1. The maximum Gasteiger partial charge on any atom is 0.251 e. The van der Waals surface area contributed by atoms with E-state index in [1.807, 2.05) is 30.3 Å². The lowest BCUT2D eigenvalue weighted by molar-refractivity contribution is -0.114. The van der Waals surface area contributed by atoms with Gasteiger partial charge in [0.25, 0.3) is 5.91 Å². The lowest BCUT2D eigenvalue weighted by Gasteiger charge is -2.10. The minimum atomic E-state index is -0.240. The number of halogens is 1. The number of nitrogens with zero attached hydrogens (tertiary/aromatic N) is 1. The van der Waals surface area contributed by atoms with Gasteiger partial charge in [0.15, 0.2) is 5.96 Å². The summed E-state index contributed by atoms with van der Waals surface area (Å²) in [5.41, 5.74) is 10.1. The molecule has 0 aliphatic carbocycles. The van der Waals surface area contributed by atoms with Crippen LogP contribution in [0.1, 0.15) is 28.4 Å². The number of carbonyl (C=O) groups excluding carboxylic acids is 2. The molecule has 0 spiro atoms. The van der Waals surface area contributed by atoms with Gasteiger partial charge in [-0.3, -0.25) is 9.59 Å². The van der Waals surface area contributed by atoms with Crippen LogP contribution in [0.4, 0.5) is 11.4 Å². The highest BCUT2D eigenvalue weighted by atomic mass is 35.5. The predicted octanol–water partition coefficient (Wildman–Crippen LogP) is 5.18. The topological polar surface area (TPSA) is 109 Å². The fourth-order valence-electron chi connectivity index (χ4n) is 3.20. The van der Waals surface area contributed by atoms with Gasteiger partial charge in [-0.1, -0.05) is 60.7 Å². The first-order chi connectivity index (χ1) is 16.9. The van der Waals surface area contributed by atoms with Crippen molar-refractivity contribution in [1.29, 1.82) is 0 Å². The summed E-state index contributed by atoms with van der Waals surface area (Å²) in [5.74, 6) is -0.251. The number of hydrogen-bond donors (Lipinski definition) is 4. The van der Waals surface area contributed by atoms with E-state index in [9.17, 15) is 9.59 Å². The average Bonchev–Trinajstić information content (AvgIpc) is 2.83. The first-order valence-corrected chi connectivity index (χ1v) is 11.2. The van der Waals surface area contributed by atoms with Gasteiger partial charge in [-0.2, -0.15) is 0 Å². The lowest BCUT2D eigenvalue weighted by Crippen LogP contribution is -2.24. The maximum absolute atomic E-state index is 12.6. The van der Waals surface area contributed by atoms with Crippen LogP contribution < -0.4 is 21.7 Å². The third kappa shape index (κ3) is 7.58. The Kier molecular flexibility index (Phi) is 8.81. The number of amides is 2. The van der Waals surface area contributed by atoms with Crippen molar-refractivity contribution in [2.24, 2.45) is 10.7 Å². The van der Waals surface area contributed by atoms with Gasteiger partial charge in [-0.15, -0.1) is 0 Å². The Morgan fingerprint density at radius 3 is 2.40 bits per heavy atom. The third-order valence-electron chi connectivity index (χ3n) is 4.81. The molecular weight excluding hydrogens is 462 g/mol. The molecule has 0 aliphatic rings. The number of aliphatic imine (C=N–C) groups is 1. The van der Waals surface area contributed by atoms with Crippen molar-refractivity contribution in [2.75, 3.05) is 10.6 Å². The fourth-order valence-corrected chi connectivity index (χ4v) is 3.40. The van der Waals surface area contributed by atoms with E-state index in [1.165, 1.54) is 6.92 Å². The summed E-state index contributed by atoms with van der Waals surface area (Å²) in [7, 11) is 0. The summed E-state index contributed by atoms with van der Waals surface area (Å²) in [6.07, 6.45) is 3.33. The monoisotopic (exact) mass is 487 g/mol. The molecule has 0 aliphatic heterocycles. The zero-order valence-corrected chi connectivity index (χ0v) is 20.0. The Balaban J connectivity index is 1.70. The summed E-state index contributed by atoms with van der Waals surface area (Å²) in [6.45, 7) is 5.50. The molecule has 0 bridgehead atoms. The van der Waals surface area contributed by atoms with E-state index >= 15 is 0 Å². The van der Waals surface area contributed by atoms with Gasteiger partial charge < -0.3 is 21.7 Å². The smallest absolute Gasteiger partial charge is 0.251 e. The summed E-state index contributed by atoms with van der Waals surface area (Å²) >= 11 is 6.16. The quantitative estimate of drug-likeness (QED) is 0.199. The molecule has 35 heavy (non-hydrogen) atoms. The SMILES string of the molecule is C=C/C=C(\N=C(/N)Nc1cccc(C(=O)NCc2ccccc2Cl)c1)c1ccc(NC(C)=O)cc1. The summed E-state index contributed by atoms with van der Waals surface area (Å²) in [4.78, 5) is 28.3. The molecule has 3 aromatic rings. The van der Waals surface area contributed by atoms with Crippen molar-refractivity contribution in [3.05, 3.63) is 113 Å². The van der Waals surface area contributed by atoms with E-state index < -0.39 is 0 Å². The first kappa shape index (κ1) is 25.3. The van der Waals surface area contributed by atoms with Gasteiger partial charge in [0.05, 0.1) is 5.70 Å². The van der Waals surface area contributed by atoms with Crippen LogP contribution in [0.5, 0.6) is 0 Å². The number of guanidine groups is 1. The normalized spacial score (nSPS) is 11.5. The molecule has 3 aromatic carbocycles. The third-order valence-corrected chi connectivity index (χ3v) is 5.18. The molecule has 0 radical (unpaired) electrons. The molecule has 178 valence electrons. The van der Waals surface area contributed by atoms with Crippen molar-refractivity contribution >= 4 is 46.4 Å². The zero-order valence-electron chi connectivity index (χ0n) is 19.2. The number of hydrogen-bond acceptors (Lipinski definition) is 3. The molecule has 3 rings (SSSR count). The van der Waals surface area contributed by atoms with E-state index in [0.29, 0.717) is 34.2 Å². The number of carbonyl (C=O) groups is 2. The van der Waals surface area contributed by atoms with Crippen LogP contribution in [-0.4, -0.2) is 17.8 Å². The van der Waals surface area contributed by atoms with Gasteiger partial charge in [0.1, 0.15) is 0 Å². The molecule has 5 N–H and O–H groups in total. The van der Waals surface area contributed by atoms with Crippen molar-refractivity contribution in [3.8, 4) is 0 Å². The Hall–Kier alpha value is -4.36. The highest BCUT2D eigenvalue weighted by Crippen LogP contribution is 2.20. The predicted molar refractivity (Wildman–Crippen MR) is 143 cm³/mol. The summed E-state index contributed by atoms with van der Waals surface area (Å²) in [6, 6.07) is 21.5. The zero-order chi connectivity index (χ0) is 25.2. The molecule has 8 heteroatoms. The molecule has 0 aromatic heterocycles. The standard InChI is InChI=1S/C27H26ClN5O2/c1-3-7-25(19-12-14-22(15-13-19)31-18(2)34)33-27(29)32-23-10-6-9-20(16-23)26(35)30-17-21-8-4-5-11-24(21)28/h3-16H,1,17H2,2H3,(H,30,35)(H,31,34)(H3,29,32,33)/b25-7-. The van der Waals surface area contributed by atoms with Crippen LogP contribution in [0.15, 0.2) is 96.5 Å². The lowest BCUT2D eigenvalue weighted by atomic mass is 10.1. The molecule has 0 fully saturated rings. The Morgan fingerprint density at radius 1 is 0.971 bits per heavy atom. The van der Waals surface area contributed by atoms with Crippen LogP contribution in [-0.2, 0) is 11.3 Å². The first-order valence-electron chi connectivity index (χ1n) is 10.8. The summed E-state index contributed by atoms with van der Waals surface area (Å²) in [5, 5.41) is 9.19. The Labute approximate surface area is 209 Å². The second kappa shape index (κ2) is 12.2. The van der Waals surface area contributed by atoms with Crippen molar-refractivity contribution in [1.82, 2.24) is 5.32 Å². The van der Waals surface area contributed by atoms with Crippen molar-refractivity contribution in [2.45, 2.75) is 13.5 Å². The molecule has 2 amide bonds. The van der Waals surface area contributed by atoms with Crippen molar-refractivity contribution < 1.29 is 9.59 Å². The van der Waals surface area contributed by atoms with E-state index in [0.717, 1.165) is 11.1 Å². The second-order valence-electron chi connectivity index (χ2n) is 7.52. The minimum absolute atomic E-state index is 0.137. The highest BCUT2D eigenvalue weighted by molar-refractivity contribution is 6.31. The summed E-state index contributed by atoms with van der Waals surface area (Å²) < 4.78 is 0. The minimum Gasteiger partial charge on any atom is -0.369 e. The van der Waals surface area contributed by atoms with Crippen LogP contribution >= 0.6 is 11.6 Å². The average molecular weight is 488 g/mol. The molecule has 7 nitrogen and oxygen atoms in total. The van der Waals surface area contributed by atoms with Crippen molar-refractivity contribution in [3.63, 3.8) is 0 Å². The molecule has 0 unspecified atom stereocenters. The largest absolute Gasteiger partial charge is 0.369 e. The van der Waals surface area contributed by atoms with Gasteiger partial charge in [0.2, 0.25) is 5.91 Å². The number of anilines is 2. The Morgan fingerprint density at radius 2 is 1.71 bits per heavy atom. The van der Waals surface area contributed by atoms with Gasteiger partial charge >= 0.3 is 0 Å². The van der Waals surface area contributed by atoms with Crippen LogP contribution in [0.3, 0.4) is 0 Å². The number of allylic oxidation sites excluding steroid dienone is 2. The number of nitrogens with one attached hydrogen (secondary N) is 3. The van der Waals surface area contributed by atoms with Crippen LogP contribution in [0, 0.1) is 0 Å². The molecule has 0 saturated heterocycles. The molecule has 0 heterocycles. The van der Waals surface area contributed by atoms with Crippen LogP contribution in [0.25, 0.3) is 5.70 Å². The highest BCUT2D eigenvalue weighted by Gasteiger charge is 2.09. The molecule has 0 atom stereocenters. The van der Waals surface area contributed by atoms with E-state index in [2.05, 4.69) is 27.5 Å². The second-order valence-corrected chi connectivity index (χ2v) is 7.93. The van der Waals surface area contributed by atoms with Crippen LogP contribution in [0.2, 0.25) is 5.02 Å². The number of benzene rings is 3. The van der Waals surface area contributed by atoms with E-state index in [-0.39, 0.29) is 17.8 Å². The molecular formula is C27H26ClN5O2. The Bertz CT molecular complexity index is 1280. The van der Waals surface area contributed by atoms with E-state index in [1.54, 1.807) is 54.6 Å². The fraction of sp³-hybridized carbons (Fsp3) is 0.0741. The van der Waals surface area contributed by atoms with E-state index in [4.69, 9.17) is 17.3 Å². The maximum atomic E-state index is 12.6.